The lowest BCUT2D eigenvalue weighted by Crippen LogP contribution is -2.33. The molecule has 2 heterocycles. The molecule has 1 aliphatic rings. The van der Waals surface area contributed by atoms with E-state index in [0.717, 1.165) is 12.3 Å². The van der Waals surface area contributed by atoms with Gasteiger partial charge in [-0.3, -0.25) is 4.68 Å². The number of hydrogen-bond acceptors (Lipinski definition) is 3. The van der Waals surface area contributed by atoms with Crippen molar-refractivity contribution in [3.05, 3.63) is 18.0 Å². The molecule has 0 amide bonds. The van der Waals surface area contributed by atoms with Crippen LogP contribution in [-0.4, -0.2) is 34.4 Å². The summed E-state index contributed by atoms with van der Waals surface area (Å²) in [5.74, 6) is 3.30. The van der Waals surface area contributed by atoms with Crippen molar-refractivity contribution in [1.29, 1.82) is 0 Å². The molecule has 4 heteroatoms. The van der Waals surface area contributed by atoms with Gasteiger partial charge in [-0.15, -0.1) is 0 Å². The maximum Gasteiger partial charge on any atom is 0.0521 e. The smallest absolute Gasteiger partial charge is 0.0521 e. The van der Waals surface area contributed by atoms with Gasteiger partial charge in [-0.2, -0.15) is 16.9 Å². The molecule has 1 fully saturated rings. The van der Waals surface area contributed by atoms with Crippen LogP contribution in [0.15, 0.2) is 12.4 Å². The molecule has 1 saturated heterocycles. The first-order chi connectivity index (χ1) is 6.79. The first-order valence-corrected chi connectivity index (χ1v) is 6.17. The Hall–Kier alpha value is -0.480. The second kappa shape index (κ2) is 4.36. The van der Waals surface area contributed by atoms with E-state index in [2.05, 4.69) is 35.4 Å². The largest absolute Gasteiger partial charge is 0.316 e. The first kappa shape index (κ1) is 10.1. The molecule has 2 atom stereocenters. The van der Waals surface area contributed by atoms with Crippen molar-refractivity contribution in [3.8, 4) is 0 Å². The fraction of sp³-hybridized carbons (Fsp3) is 0.700. The van der Waals surface area contributed by atoms with E-state index in [1.54, 1.807) is 0 Å². The van der Waals surface area contributed by atoms with Gasteiger partial charge in [0.2, 0.25) is 0 Å². The normalized spacial score (nSPS) is 27.0. The van der Waals surface area contributed by atoms with E-state index in [1.807, 2.05) is 17.9 Å². The summed E-state index contributed by atoms with van der Waals surface area (Å²) in [6.07, 6.45) is 5.26. The first-order valence-electron chi connectivity index (χ1n) is 5.02. The number of hydrogen-bond donors (Lipinski definition) is 1. The summed E-state index contributed by atoms with van der Waals surface area (Å²) in [5.41, 5.74) is 1.36. The minimum absolute atomic E-state index is 0.681. The summed E-state index contributed by atoms with van der Waals surface area (Å²) in [5, 5.41) is 7.59. The molecule has 0 spiro atoms. The van der Waals surface area contributed by atoms with Crippen molar-refractivity contribution in [3.63, 3.8) is 0 Å². The average Bonchev–Trinajstić information content (AvgIpc) is 2.76. The van der Waals surface area contributed by atoms with Gasteiger partial charge in [0.15, 0.2) is 0 Å². The van der Waals surface area contributed by atoms with E-state index in [0.29, 0.717) is 6.04 Å². The maximum atomic E-state index is 4.20. The minimum Gasteiger partial charge on any atom is -0.316 e. The molecule has 0 radical (unpaired) electrons. The zero-order valence-corrected chi connectivity index (χ0v) is 9.55. The van der Waals surface area contributed by atoms with E-state index in [4.69, 9.17) is 0 Å². The topological polar surface area (TPSA) is 29.9 Å². The Kier molecular flexibility index (Phi) is 3.13. The molecule has 0 saturated carbocycles. The second-order valence-corrected chi connectivity index (χ2v) is 4.99. The Balaban J connectivity index is 1.96. The van der Waals surface area contributed by atoms with Crippen molar-refractivity contribution < 1.29 is 0 Å². The summed E-state index contributed by atoms with van der Waals surface area (Å²) in [4.78, 5) is 0. The van der Waals surface area contributed by atoms with Crippen LogP contribution >= 0.6 is 11.8 Å². The molecule has 14 heavy (non-hydrogen) atoms. The summed E-state index contributed by atoms with van der Waals surface area (Å²) in [6.45, 7) is 0. The molecule has 2 rings (SSSR count). The molecular weight excluding hydrogens is 194 g/mol. The summed E-state index contributed by atoms with van der Waals surface area (Å²) < 4.78 is 1.88. The van der Waals surface area contributed by atoms with Crippen LogP contribution in [0.25, 0.3) is 0 Å². The van der Waals surface area contributed by atoms with Gasteiger partial charge in [-0.05, 0) is 30.7 Å². The van der Waals surface area contributed by atoms with Gasteiger partial charge in [0.1, 0.15) is 0 Å². The Morgan fingerprint density at radius 3 is 3.14 bits per heavy atom. The monoisotopic (exact) mass is 211 g/mol. The zero-order valence-electron chi connectivity index (χ0n) is 8.73. The molecule has 1 aromatic rings. The van der Waals surface area contributed by atoms with Crippen LogP contribution in [0.3, 0.4) is 0 Å². The number of thioether (sulfide) groups is 1. The van der Waals surface area contributed by atoms with E-state index in [-0.39, 0.29) is 0 Å². The van der Waals surface area contributed by atoms with Crippen LogP contribution < -0.4 is 5.32 Å². The summed E-state index contributed by atoms with van der Waals surface area (Å²) in [6, 6.07) is 0.681. The third kappa shape index (κ3) is 2.12. The molecular formula is C10H17N3S. The highest BCUT2D eigenvalue weighted by molar-refractivity contribution is 7.99. The van der Waals surface area contributed by atoms with Crippen molar-refractivity contribution >= 4 is 11.8 Å². The van der Waals surface area contributed by atoms with E-state index in [9.17, 15) is 0 Å². The highest BCUT2D eigenvalue weighted by Crippen LogP contribution is 2.26. The van der Waals surface area contributed by atoms with Gasteiger partial charge in [0.05, 0.1) is 6.20 Å². The van der Waals surface area contributed by atoms with Gasteiger partial charge in [0.25, 0.3) is 0 Å². The Labute approximate surface area is 89.3 Å². The predicted molar refractivity (Wildman–Crippen MR) is 60.6 cm³/mol. The number of rotatable bonds is 3. The molecule has 0 aliphatic carbocycles. The van der Waals surface area contributed by atoms with Crippen molar-refractivity contribution in [2.24, 2.45) is 13.0 Å². The molecule has 0 bridgehead atoms. The van der Waals surface area contributed by atoms with Crippen LogP contribution in [0.4, 0.5) is 0 Å². The number of nitrogens with zero attached hydrogens (tertiary/aromatic N) is 2. The van der Waals surface area contributed by atoms with Gasteiger partial charge in [0, 0.05) is 25.0 Å². The van der Waals surface area contributed by atoms with Gasteiger partial charge < -0.3 is 5.32 Å². The molecule has 0 aromatic carbocycles. The van der Waals surface area contributed by atoms with Gasteiger partial charge in [-0.1, -0.05) is 0 Å². The Bertz CT molecular complexity index is 297. The predicted octanol–water partition coefficient (Wildman–Crippen LogP) is 0.914. The highest BCUT2D eigenvalue weighted by Gasteiger charge is 2.26. The summed E-state index contributed by atoms with van der Waals surface area (Å²) in [7, 11) is 4.04. The molecule has 1 N–H and O–H groups in total. The van der Waals surface area contributed by atoms with E-state index >= 15 is 0 Å². The quantitative estimate of drug-likeness (QED) is 0.806. The Morgan fingerprint density at radius 1 is 1.64 bits per heavy atom. The highest BCUT2D eigenvalue weighted by atomic mass is 32.2. The lowest BCUT2D eigenvalue weighted by molar-refractivity contribution is 0.453. The van der Waals surface area contributed by atoms with Gasteiger partial charge in [-0.25, -0.2) is 0 Å². The minimum atomic E-state index is 0.681. The number of aryl methyl sites for hydroxylation is 1. The van der Waals surface area contributed by atoms with Crippen LogP contribution in [-0.2, 0) is 13.5 Å². The van der Waals surface area contributed by atoms with Crippen LogP contribution in [0.5, 0.6) is 0 Å². The van der Waals surface area contributed by atoms with Crippen LogP contribution in [0, 0.1) is 5.92 Å². The fourth-order valence-electron chi connectivity index (χ4n) is 2.00. The maximum absolute atomic E-state index is 4.20. The standard InChI is InChI=1S/C10H17N3S/c1-11-10-7-14-6-9(10)3-8-4-12-13(2)5-8/h4-5,9-11H,3,6-7H2,1-2H3. The number of aromatic nitrogens is 2. The lowest BCUT2D eigenvalue weighted by Gasteiger charge is -2.16. The van der Waals surface area contributed by atoms with E-state index < -0.39 is 0 Å². The van der Waals surface area contributed by atoms with Crippen LogP contribution in [0.2, 0.25) is 0 Å². The third-order valence-electron chi connectivity index (χ3n) is 2.83. The van der Waals surface area contributed by atoms with Crippen molar-refractivity contribution in [2.45, 2.75) is 12.5 Å². The summed E-state index contributed by atoms with van der Waals surface area (Å²) >= 11 is 2.05. The molecule has 3 nitrogen and oxygen atoms in total. The second-order valence-electron chi connectivity index (χ2n) is 3.92. The SMILES string of the molecule is CNC1CSCC1Cc1cnn(C)c1. The van der Waals surface area contributed by atoms with Gasteiger partial charge >= 0.3 is 0 Å². The zero-order chi connectivity index (χ0) is 9.97. The average molecular weight is 211 g/mol. The van der Waals surface area contributed by atoms with Crippen LogP contribution in [0.1, 0.15) is 5.56 Å². The van der Waals surface area contributed by atoms with E-state index in [1.165, 1.54) is 17.1 Å². The third-order valence-corrected chi connectivity index (χ3v) is 4.08. The molecule has 2 unspecified atom stereocenters. The lowest BCUT2D eigenvalue weighted by atomic mass is 9.97. The van der Waals surface area contributed by atoms with Crippen molar-refractivity contribution in [2.75, 3.05) is 18.6 Å². The fourth-order valence-corrected chi connectivity index (χ4v) is 3.48. The number of nitrogens with one attached hydrogen (secondary N) is 1. The molecule has 1 aromatic heterocycles. The van der Waals surface area contributed by atoms with Crippen molar-refractivity contribution in [1.82, 2.24) is 15.1 Å². The Morgan fingerprint density at radius 2 is 2.50 bits per heavy atom. The molecule has 78 valence electrons. The molecule has 1 aliphatic heterocycles.